The number of hydrogen-bond acceptors (Lipinski definition) is 6. The van der Waals surface area contributed by atoms with E-state index in [1.54, 1.807) is 29.5 Å². The predicted molar refractivity (Wildman–Crippen MR) is 150 cm³/mol. The summed E-state index contributed by atoms with van der Waals surface area (Å²) < 4.78 is 12.8. The van der Waals surface area contributed by atoms with Gasteiger partial charge in [-0.05, 0) is 93.5 Å². The molecule has 5 nitrogen and oxygen atoms in total. The van der Waals surface area contributed by atoms with Crippen LogP contribution in [0.25, 0.3) is 20.8 Å². The Bertz CT molecular complexity index is 1170. The molecule has 198 valence electrons. The van der Waals surface area contributed by atoms with Crippen molar-refractivity contribution < 1.29 is 19.1 Å². The van der Waals surface area contributed by atoms with Gasteiger partial charge in [-0.3, -0.25) is 9.59 Å². The zero-order valence-corrected chi connectivity index (χ0v) is 23.3. The normalized spacial score (nSPS) is 23.6. The first-order valence-corrected chi connectivity index (χ1v) is 14.7. The van der Waals surface area contributed by atoms with Crippen LogP contribution in [0.1, 0.15) is 79.1 Å². The standard InChI is InChI=1S/C29H33NO4S.C2H6/c1-18-7-11-20(12-8-18)28(31)33-22-15-16-25(34-29(32)21-13-9-19(2)10-14-21)23(17-22)27-30-24-5-3-4-6-26(24)35-27;1-2/h3-6,15-21H,7-14H2,1-2H3;1-2H3. The number of rotatable bonds is 5. The van der Waals surface area contributed by atoms with Gasteiger partial charge in [0.15, 0.2) is 0 Å². The highest BCUT2D eigenvalue weighted by atomic mass is 32.1. The molecule has 0 unspecified atom stereocenters. The molecule has 0 aliphatic heterocycles. The maximum Gasteiger partial charge on any atom is 0.314 e. The minimum atomic E-state index is -0.180. The summed E-state index contributed by atoms with van der Waals surface area (Å²) in [4.78, 5) is 30.6. The molecule has 5 rings (SSSR count). The lowest BCUT2D eigenvalue weighted by molar-refractivity contribution is -0.141. The molecule has 2 aliphatic rings. The maximum absolute atomic E-state index is 13.0. The highest BCUT2D eigenvalue weighted by Gasteiger charge is 2.28. The summed E-state index contributed by atoms with van der Waals surface area (Å²) in [6.45, 7) is 8.47. The Morgan fingerprint density at radius 1 is 0.784 bits per heavy atom. The quantitative estimate of drug-likeness (QED) is 0.249. The van der Waals surface area contributed by atoms with Crippen LogP contribution >= 0.6 is 11.3 Å². The number of carbonyl (C=O) groups is 2. The lowest BCUT2D eigenvalue weighted by atomic mass is 9.83. The van der Waals surface area contributed by atoms with Gasteiger partial charge in [0.1, 0.15) is 16.5 Å². The number of hydrogen-bond donors (Lipinski definition) is 0. The van der Waals surface area contributed by atoms with Crippen molar-refractivity contribution in [2.24, 2.45) is 23.7 Å². The van der Waals surface area contributed by atoms with E-state index in [0.29, 0.717) is 28.9 Å². The molecule has 0 amide bonds. The molecule has 2 aromatic carbocycles. The van der Waals surface area contributed by atoms with Crippen molar-refractivity contribution in [2.45, 2.75) is 79.1 Å². The van der Waals surface area contributed by atoms with Crippen molar-refractivity contribution in [1.29, 1.82) is 0 Å². The van der Waals surface area contributed by atoms with Crippen molar-refractivity contribution >= 4 is 33.5 Å². The van der Waals surface area contributed by atoms with Crippen molar-refractivity contribution in [1.82, 2.24) is 4.98 Å². The molecule has 0 bridgehead atoms. The Balaban J connectivity index is 0.00000156. The molecule has 0 N–H and O–H groups in total. The molecule has 0 spiro atoms. The zero-order valence-electron chi connectivity index (χ0n) is 22.5. The van der Waals surface area contributed by atoms with Gasteiger partial charge in [-0.25, -0.2) is 4.98 Å². The van der Waals surface area contributed by atoms with E-state index < -0.39 is 0 Å². The number of ether oxygens (including phenoxy) is 2. The van der Waals surface area contributed by atoms with Crippen molar-refractivity contribution in [2.75, 3.05) is 0 Å². The summed E-state index contributed by atoms with van der Waals surface area (Å²) in [6.07, 6.45) is 7.72. The van der Waals surface area contributed by atoms with Gasteiger partial charge in [-0.1, -0.05) is 39.8 Å². The number of carbonyl (C=O) groups excluding carboxylic acids is 2. The first kappa shape index (κ1) is 27.3. The summed E-state index contributed by atoms with van der Waals surface area (Å²) in [5, 5.41) is 0.746. The lowest BCUT2D eigenvalue weighted by Gasteiger charge is -2.25. The summed E-state index contributed by atoms with van der Waals surface area (Å²) in [5.74, 6) is 1.80. The van der Waals surface area contributed by atoms with E-state index in [4.69, 9.17) is 14.5 Å². The first-order chi connectivity index (χ1) is 18.0. The molecule has 1 aromatic heterocycles. The van der Waals surface area contributed by atoms with E-state index in [0.717, 1.165) is 66.6 Å². The molecule has 2 fully saturated rings. The van der Waals surface area contributed by atoms with Crippen molar-refractivity contribution in [3.63, 3.8) is 0 Å². The largest absolute Gasteiger partial charge is 0.426 e. The smallest absolute Gasteiger partial charge is 0.314 e. The number of esters is 2. The molecule has 2 saturated carbocycles. The Labute approximate surface area is 224 Å². The number of nitrogens with zero attached hydrogens (tertiary/aromatic N) is 1. The van der Waals surface area contributed by atoms with Crippen LogP contribution in [0, 0.1) is 23.7 Å². The van der Waals surface area contributed by atoms with Gasteiger partial charge in [0.2, 0.25) is 0 Å². The fourth-order valence-corrected chi connectivity index (χ4v) is 6.19. The van der Waals surface area contributed by atoms with Crippen LogP contribution < -0.4 is 9.47 Å². The fourth-order valence-electron chi connectivity index (χ4n) is 5.20. The van der Waals surface area contributed by atoms with Crippen LogP contribution in [-0.4, -0.2) is 16.9 Å². The molecule has 0 radical (unpaired) electrons. The van der Waals surface area contributed by atoms with Crippen LogP contribution in [0.5, 0.6) is 11.5 Å². The Morgan fingerprint density at radius 3 is 1.95 bits per heavy atom. The van der Waals surface area contributed by atoms with Gasteiger partial charge in [0.05, 0.1) is 27.6 Å². The second-order valence-corrected chi connectivity index (χ2v) is 11.4. The average molecular weight is 522 g/mol. The van der Waals surface area contributed by atoms with E-state index in [1.165, 1.54) is 0 Å². The molecule has 1 heterocycles. The van der Waals surface area contributed by atoms with Crippen LogP contribution in [0.4, 0.5) is 0 Å². The number of benzene rings is 2. The highest BCUT2D eigenvalue weighted by molar-refractivity contribution is 7.21. The van der Waals surface area contributed by atoms with Gasteiger partial charge >= 0.3 is 11.9 Å². The first-order valence-electron chi connectivity index (χ1n) is 13.9. The molecule has 37 heavy (non-hydrogen) atoms. The molecule has 0 atom stereocenters. The molecular weight excluding hydrogens is 482 g/mol. The van der Waals surface area contributed by atoms with Gasteiger partial charge < -0.3 is 9.47 Å². The molecule has 0 saturated heterocycles. The Kier molecular flexibility index (Phi) is 9.36. The van der Waals surface area contributed by atoms with Crippen LogP contribution in [-0.2, 0) is 9.59 Å². The van der Waals surface area contributed by atoms with Gasteiger partial charge in [0.25, 0.3) is 0 Å². The number of thiazole rings is 1. The van der Waals surface area contributed by atoms with Crippen molar-refractivity contribution in [3.05, 3.63) is 42.5 Å². The van der Waals surface area contributed by atoms with Crippen LogP contribution in [0.2, 0.25) is 0 Å². The zero-order chi connectivity index (χ0) is 26.4. The van der Waals surface area contributed by atoms with Gasteiger partial charge in [-0.15, -0.1) is 11.3 Å². The summed E-state index contributed by atoms with van der Waals surface area (Å²) in [6, 6.07) is 13.2. The lowest BCUT2D eigenvalue weighted by Crippen LogP contribution is -2.25. The number of para-hydroxylation sites is 1. The topological polar surface area (TPSA) is 65.5 Å². The molecule has 3 aromatic rings. The number of fused-ring (bicyclic) bond motifs is 1. The maximum atomic E-state index is 13.0. The minimum absolute atomic E-state index is 0.0525. The van der Waals surface area contributed by atoms with Crippen LogP contribution in [0.15, 0.2) is 42.5 Å². The molecule has 2 aliphatic carbocycles. The van der Waals surface area contributed by atoms with E-state index in [9.17, 15) is 9.59 Å². The predicted octanol–water partition coefficient (Wildman–Crippen LogP) is 8.45. The monoisotopic (exact) mass is 521 g/mol. The number of aromatic nitrogens is 1. The molecular formula is C31H39NO4S. The summed E-state index contributed by atoms with van der Waals surface area (Å²) in [5.41, 5.74) is 1.58. The van der Waals surface area contributed by atoms with Crippen molar-refractivity contribution in [3.8, 4) is 22.1 Å². The fraction of sp³-hybridized carbons (Fsp3) is 0.516. The Hall–Kier alpha value is -2.73. The second kappa shape index (κ2) is 12.7. The summed E-state index contributed by atoms with van der Waals surface area (Å²) in [7, 11) is 0. The minimum Gasteiger partial charge on any atom is -0.426 e. The highest BCUT2D eigenvalue weighted by Crippen LogP contribution is 2.40. The van der Waals surface area contributed by atoms with Gasteiger partial charge in [0, 0.05) is 0 Å². The average Bonchev–Trinajstić information content (AvgIpc) is 3.35. The Morgan fingerprint density at radius 2 is 1.35 bits per heavy atom. The second-order valence-electron chi connectivity index (χ2n) is 10.4. The summed E-state index contributed by atoms with van der Waals surface area (Å²) >= 11 is 1.54. The van der Waals surface area contributed by atoms with E-state index in [1.807, 2.05) is 38.1 Å². The van der Waals surface area contributed by atoms with E-state index in [-0.39, 0.29) is 23.8 Å². The third-order valence-electron chi connectivity index (χ3n) is 7.60. The third kappa shape index (κ3) is 6.78. The van der Waals surface area contributed by atoms with E-state index in [2.05, 4.69) is 13.8 Å². The third-order valence-corrected chi connectivity index (χ3v) is 8.67. The SMILES string of the molecule is CC.CC1CCC(C(=O)Oc2ccc(OC(=O)C3CCC(C)CC3)c(-c3nc4ccccc4s3)c2)CC1. The van der Waals surface area contributed by atoms with Crippen LogP contribution in [0.3, 0.4) is 0 Å². The van der Waals surface area contributed by atoms with Gasteiger partial charge in [-0.2, -0.15) is 0 Å². The molecule has 6 heteroatoms. The van der Waals surface area contributed by atoms with E-state index >= 15 is 0 Å².